The molecule has 6 heteroatoms. The molecule has 0 saturated heterocycles. The Morgan fingerprint density at radius 3 is 2.35 bits per heavy atom. The lowest BCUT2D eigenvalue weighted by molar-refractivity contribution is 0.0734. The molecule has 0 unspecified atom stereocenters. The van der Waals surface area contributed by atoms with Gasteiger partial charge in [0.2, 0.25) is 0 Å². The highest BCUT2D eigenvalue weighted by Gasteiger charge is 2.18. The van der Waals surface area contributed by atoms with Crippen molar-refractivity contribution in [1.82, 2.24) is 5.32 Å². The molecule has 4 aromatic rings. The van der Waals surface area contributed by atoms with Crippen molar-refractivity contribution < 1.29 is 14.3 Å². The van der Waals surface area contributed by atoms with Gasteiger partial charge >= 0.3 is 5.97 Å². The summed E-state index contributed by atoms with van der Waals surface area (Å²) < 4.78 is 7.22. The van der Waals surface area contributed by atoms with Gasteiger partial charge in [-0.2, -0.15) is 0 Å². The smallest absolute Gasteiger partial charge is 0.344 e. The number of rotatable bonds is 5. The predicted octanol–water partition coefficient (Wildman–Crippen LogP) is 6.51. The van der Waals surface area contributed by atoms with Crippen molar-refractivity contribution in [3.8, 4) is 5.75 Å². The minimum absolute atomic E-state index is 0.198. The molecule has 4 rings (SSSR count). The van der Waals surface area contributed by atoms with E-state index in [2.05, 4.69) is 37.2 Å². The monoisotopic (exact) mass is 537 g/mol. The van der Waals surface area contributed by atoms with Crippen molar-refractivity contribution >= 4 is 54.5 Å². The molecule has 0 fully saturated rings. The maximum absolute atomic E-state index is 13.0. The molecular weight excluding hydrogens is 522 g/mol. The SMILES string of the molecule is O=C(NCc1cc(Br)cc(Br)c1OC(=O)c1cccc2ccccc12)c1ccccc1. The number of hydrogen-bond donors (Lipinski definition) is 1. The highest BCUT2D eigenvalue weighted by Crippen LogP contribution is 2.34. The van der Waals surface area contributed by atoms with Crippen molar-refractivity contribution in [3.63, 3.8) is 0 Å². The fourth-order valence-corrected chi connectivity index (χ4v) is 4.67. The van der Waals surface area contributed by atoms with Crippen LogP contribution in [-0.4, -0.2) is 11.9 Å². The van der Waals surface area contributed by atoms with Gasteiger partial charge in [0.25, 0.3) is 5.91 Å². The summed E-state index contributed by atoms with van der Waals surface area (Å²) in [5.41, 5.74) is 1.71. The summed E-state index contributed by atoms with van der Waals surface area (Å²) in [5.74, 6) is -0.298. The summed E-state index contributed by atoms with van der Waals surface area (Å²) in [5, 5.41) is 4.66. The van der Waals surface area contributed by atoms with E-state index in [9.17, 15) is 9.59 Å². The molecule has 1 amide bonds. The molecule has 4 nitrogen and oxygen atoms in total. The van der Waals surface area contributed by atoms with Crippen LogP contribution in [0.15, 0.2) is 93.9 Å². The number of nitrogens with one attached hydrogen (secondary N) is 1. The Hall–Kier alpha value is -2.96. The third-order valence-corrected chi connectivity index (χ3v) is 5.81. The van der Waals surface area contributed by atoms with Crippen LogP contribution in [0.5, 0.6) is 5.75 Å². The van der Waals surface area contributed by atoms with Crippen LogP contribution in [0.25, 0.3) is 10.8 Å². The number of hydrogen-bond acceptors (Lipinski definition) is 3. The standard InChI is InChI=1S/C25H17Br2NO3/c26-19-13-18(15-28-24(29)17-8-2-1-3-9-17)23(22(27)14-19)31-25(30)21-12-6-10-16-7-4-5-11-20(16)21/h1-14H,15H2,(H,28,29). The summed E-state index contributed by atoms with van der Waals surface area (Å²) in [6.45, 7) is 0.198. The van der Waals surface area contributed by atoms with Gasteiger partial charge in [-0.05, 0) is 57.0 Å². The maximum atomic E-state index is 13.0. The second kappa shape index (κ2) is 9.45. The number of fused-ring (bicyclic) bond motifs is 1. The first-order valence-corrected chi connectivity index (χ1v) is 11.1. The Morgan fingerprint density at radius 1 is 0.839 bits per heavy atom. The number of ether oxygens (including phenoxy) is 1. The normalized spacial score (nSPS) is 10.6. The van der Waals surface area contributed by atoms with E-state index in [1.807, 2.05) is 60.7 Å². The summed E-state index contributed by atoms with van der Waals surface area (Å²) in [6.07, 6.45) is 0. The zero-order valence-corrected chi connectivity index (χ0v) is 19.4. The van der Waals surface area contributed by atoms with Gasteiger partial charge in [-0.1, -0.05) is 70.5 Å². The van der Waals surface area contributed by atoms with E-state index < -0.39 is 5.97 Å². The topological polar surface area (TPSA) is 55.4 Å². The lowest BCUT2D eigenvalue weighted by Gasteiger charge is -2.14. The molecule has 0 spiro atoms. The van der Waals surface area contributed by atoms with E-state index in [0.717, 1.165) is 15.2 Å². The molecule has 0 aliphatic heterocycles. The average Bonchev–Trinajstić information content (AvgIpc) is 2.79. The van der Waals surface area contributed by atoms with Gasteiger partial charge < -0.3 is 10.1 Å². The van der Waals surface area contributed by atoms with Gasteiger partial charge in [0.15, 0.2) is 0 Å². The fraction of sp³-hybridized carbons (Fsp3) is 0.0400. The number of benzene rings is 4. The zero-order chi connectivity index (χ0) is 21.8. The van der Waals surface area contributed by atoms with Gasteiger partial charge in [-0.15, -0.1) is 0 Å². The minimum Gasteiger partial charge on any atom is -0.421 e. The third kappa shape index (κ3) is 4.86. The van der Waals surface area contributed by atoms with Crippen LogP contribution in [0.3, 0.4) is 0 Å². The zero-order valence-electron chi connectivity index (χ0n) is 16.3. The van der Waals surface area contributed by atoms with Crippen LogP contribution in [-0.2, 0) is 6.54 Å². The second-order valence-corrected chi connectivity index (χ2v) is 8.61. The first-order valence-electron chi connectivity index (χ1n) is 9.54. The largest absolute Gasteiger partial charge is 0.421 e. The molecule has 0 heterocycles. The summed E-state index contributed by atoms with van der Waals surface area (Å²) >= 11 is 6.94. The minimum atomic E-state index is -0.463. The lowest BCUT2D eigenvalue weighted by Crippen LogP contribution is -2.23. The van der Waals surface area contributed by atoms with Gasteiger partial charge in [0.1, 0.15) is 5.75 Å². The van der Waals surface area contributed by atoms with Crippen LogP contribution in [0.1, 0.15) is 26.3 Å². The van der Waals surface area contributed by atoms with Crippen molar-refractivity contribution in [1.29, 1.82) is 0 Å². The Bertz CT molecular complexity index is 1270. The van der Waals surface area contributed by atoms with Crippen molar-refractivity contribution in [2.24, 2.45) is 0 Å². The van der Waals surface area contributed by atoms with Crippen molar-refractivity contribution in [2.75, 3.05) is 0 Å². The van der Waals surface area contributed by atoms with E-state index in [1.54, 1.807) is 24.3 Å². The molecular formula is C25H17Br2NO3. The van der Waals surface area contributed by atoms with E-state index >= 15 is 0 Å². The van der Waals surface area contributed by atoms with Crippen LogP contribution >= 0.6 is 31.9 Å². The molecule has 0 aliphatic rings. The van der Waals surface area contributed by atoms with Crippen LogP contribution in [0.4, 0.5) is 0 Å². The molecule has 0 aromatic heterocycles. The fourth-order valence-electron chi connectivity index (χ4n) is 3.28. The highest BCUT2D eigenvalue weighted by molar-refractivity contribution is 9.11. The quantitative estimate of drug-likeness (QED) is 0.232. The second-order valence-electron chi connectivity index (χ2n) is 6.84. The summed E-state index contributed by atoms with van der Waals surface area (Å²) in [6, 6.07) is 25.8. The van der Waals surface area contributed by atoms with Crippen molar-refractivity contribution in [3.05, 3.63) is 111 Å². The Kier molecular flexibility index (Phi) is 6.49. The van der Waals surface area contributed by atoms with Crippen LogP contribution < -0.4 is 10.1 Å². The van der Waals surface area contributed by atoms with Gasteiger partial charge in [-0.3, -0.25) is 4.79 Å². The summed E-state index contributed by atoms with van der Waals surface area (Å²) in [4.78, 5) is 25.5. The number of halogens is 2. The molecule has 4 aromatic carbocycles. The molecule has 31 heavy (non-hydrogen) atoms. The molecule has 0 aliphatic carbocycles. The third-order valence-electron chi connectivity index (χ3n) is 4.76. The number of carbonyl (C=O) groups excluding carboxylic acids is 2. The first kappa shape index (κ1) is 21.3. The number of amides is 1. The molecule has 154 valence electrons. The number of esters is 1. The van der Waals surface area contributed by atoms with Gasteiger partial charge in [0, 0.05) is 22.1 Å². The summed E-state index contributed by atoms with van der Waals surface area (Å²) in [7, 11) is 0. The molecule has 0 radical (unpaired) electrons. The van der Waals surface area contributed by atoms with Crippen LogP contribution in [0.2, 0.25) is 0 Å². The average molecular weight is 539 g/mol. The highest BCUT2D eigenvalue weighted by atomic mass is 79.9. The van der Waals surface area contributed by atoms with E-state index in [4.69, 9.17) is 4.74 Å². The molecule has 0 atom stereocenters. The Balaban J connectivity index is 1.61. The van der Waals surface area contributed by atoms with Crippen LogP contribution in [0, 0.1) is 0 Å². The molecule has 0 bridgehead atoms. The van der Waals surface area contributed by atoms with Gasteiger partial charge in [-0.25, -0.2) is 4.79 Å². The Labute approximate surface area is 196 Å². The first-order chi connectivity index (χ1) is 15.0. The molecule has 1 N–H and O–H groups in total. The lowest BCUT2D eigenvalue weighted by atomic mass is 10.0. The van der Waals surface area contributed by atoms with E-state index in [1.165, 1.54) is 0 Å². The van der Waals surface area contributed by atoms with E-state index in [-0.39, 0.29) is 12.5 Å². The van der Waals surface area contributed by atoms with E-state index in [0.29, 0.717) is 26.9 Å². The maximum Gasteiger partial charge on any atom is 0.344 e. The van der Waals surface area contributed by atoms with Crippen molar-refractivity contribution in [2.45, 2.75) is 6.54 Å². The molecule has 0 saturated carbocycles. The van der Waals surface area contributed by atoms with Gasteiger partial charge in [0.05, 0.1) is 10.0 Å². The Morgan fingerprint density at radius 2 is 1.55 bits per heavy atom. The number of carbonyl (C=O) groups is 2. The predicted molar refractivity (Wildman–Crippen MR) is 128 cm³/mol.